The standard InChI is InChI=1S/C15H21NO4S/c1-9-4-10(2)15(6-14(9)20-3)21(18,19)16-7-11-5-13(17)12(11)8-16/h4,6,11-13,17H,5,7-8H2,1-3H3/t11-,12+,13-/m1/s1. The van der Waals surface area contributed by atoms with Crippen molar-refractivity contribution in [3.8, 4) is 5.75 Å². The van der Waals surface area contributed by atoms with E-state index in [1.165, 1.54) is 4.31 Å². The molecule has 0 spiro atoms. The van der Waals surface area contributed by atoms with E-state index < -0.39 is 10.0 Å². The summed E-state index contributed by atoms with van der Waals surface area (Å²) in [7, 11) is -1.98. The summed E-state index contributed by atoms with van der Waals surface area (Å²) in [6.07, 6.45) is 0.372. The summed E-state index contributed by atoms with van der Waals surface area (Å²) in [5.74, 6) is 0.997. The number of fused-ring (bicyclic) bond motifs is 1. The third-order valence-electron chi connectivity index (χ3n) is 4.81. The Balaban J connectivity index is 1.96. The Morgan fingerprint density at radius 3 is 2.52 bits per heavy atom. The van der Waals surface area contributed by atoms with Gasteiger partial charge in [-0.15, -0.1) is 0 Å². The fourth-order valence-electron chi connectivity index (χ4n) is 3.48. The van der Waals surface area contributed by atoms with E-state index in [0.29, 0.717) is 36.1 Å². The highest BCUT2D eigenvalue weighted by Gasteiger charge is 2.49. The van der Waals surface area contributed by atoms with Gasteiger partial charge in [0.05, 0.1) is 18.1 Å². The van der Waals surface area contributed by atoms with Crippen LogP contribution in [0.5, 0.6) is 5.75 Å². The molecular weight excluding hydrogens is 290 g/mol. The van der Waals surface area contributed by atoms with E-state index in [-0.39, 0.29) is 12.0 Å². The van der Waals surface area contributed by atoms with E-state index in [0.717, 1.165) is 11.1 Å². The van der Waals surface area contributed by atoms with Crippen molar-refractivity contribution in [2.45, 2.75) is 31.3 Å². The molecule has 1 aliphatic carbocycles. The molecule has 0 amide bonds. The molecule has 6 heteroatoms. The summed E-state index contributed by atoms with van der Waals surface area (Å²) in [4.78, 5) is 0.306. The molecule has 21 heavy (non-hydrogen) atoms. The fraction of sp³-hybridized carbons (Fsp3) is 0.600. The van der Waals surface area contributed by atoms with Gasteiger partial charge in [-0.25, -0.2) is 8.42 Å². The van der Waals surface area contributed by atoms with Crippen molar-refractivity contribution in [3.05, 3.63) is 23.3 Å². The first-order valence-electron chi connectivity index (χ1n) is 7.18. The molecule has 1 saturated heterocycles. The lowest BCUT2D eigenvalue weighted by Gasteiger charge is -2.34. The normalized spacial score (nSPS) is 29.0. The molecule has 1 heterocycles. The van der Waals surface area contributed by atoms with Crippen molar-refractivity contribution in [1.29, 1.82) is 0 Å². The zero-order valence-electron chi connectivity index (χ0n) is 12.5. The molecule has 3 atom stereocenters. The van der Waals surface area contributed by atoms with Crippen molar-refractivity contribution in [1.82, 2.24) is 4.31 Å². The average molecular weight is 311 g/mol. The lowest BCUT2D eigenvalue weighted by Crippen LogP contribution is -2.39. The Labute approximate surface area is 125 Å². The summed E-state index contributed by atoms with van der Waals surface area (Å²) in [6, 6.07) is 3.45. The fourth-order valence-corrected chi connectivity index (χ4v) is 5.23. The number of aryl methyl sites for hydroxylation is 2. The minimum Gasteiger partial charge on any atom is -0.496 e. The van der Waals surface area contributed by atoms with Gasteiger partial charge in [0, 0.05) is 25.1 Å². The number of methoxy groups -OCH3 is 1. The molecular formula is C15H21NO4S. The van der Waals surface area contributed by atoms with Crippen LogP contribution in [0.2, 0.25) is 0 Å². The Hall–Kier alpha value is -1.11. The molecule has 1 saturated carbocycles. The average Bonchev–Trinajstić information content (AvgIpc) is 2.76. The first-order chi connectivity index (χ1) is 9.84. The van der Waals surface area contributed by atoms with Crippen LogP contribution < -0.4 is 4.74 Å². The second kappa shape index (κ2) is 4.97. The highest BCUT2D eigenvalue weighted by Crippen LogP contribution is 2.43. The summed E-state index contributed by atoms with van der Waals surface area (Å²) in [5.41, 5.74) is 1.65. The summed E-state index contributed by atoms with van der Waals surface area (Å²) < 4.78 is 32.5. The molecule has 3 rings (SSSR count). The predicted octanol–water partition coefficient (Wildman–Crippen LogP) is 1.31. The van der Waals surface area contributed by atoms with Crippen LogP contribution in [0.25, 0.3) is 0 Å². The number of aliphatic hydroxyl groups excluding tert-OH is 1. The zero-order chi connectivity index (χ0) is 15.4. The molecule has 1 aliphatic heterocycles. The van der Waals surface area contributed by atoms with E-state index in [4.69, 9.17) is 4.74 Å². The molecule has 1 aromatic carbocycles. The van der Waals surface area contributed by atoms with Crippen molar-refractivity contribution >= 4 is 10.0 Å². The highest BCUT2D eigenvalue weighted by molar-refractivity contribution is 7.89. The summed E-state index contributed by atoms with van der Waals surface area (Å²) in [5, 5.41) is 9.70. The van der Waals surface area contributed by atoms with Crippen molar-refractivity contribution in [3.63, 3.8) is 0 Å². The maximum atomic E-state index is 12.8. The van der Waals surface area contributed by atoms with Gasteiger partial charge >= 0.3 is 0 Å². The van der Waals surface area contributed by atoms with Crippen LogP contribution in [0.15, 0.2) is 17.0 Å². The SMILES string of the molecule is COc1cc(S(=O)(=O)N2C[C@H]3C[C@@H](O)[C@H]3C2)c(C)cc1C. The molecule has 2 fully saturated rings. The van der Waals surface area contributed by atoms with Crippen LogP contribution in [0.1, 0.15) is 17.5 Å². The lowest BCUT2D eigenvalue weighted by atomic mass is 9.74. The van der Waals surface area contributed by atoms with Gasteiger partial charge < -0.3 is 9.84 Å². The van der Waals surface area contributed by atoms with Gasteiger partial charge in [0.1, 0.15) is 5.75 Å². The zero-order valence-corrected chi connectivity index (χ0v) is 13.4. The number of benzene rings is 1. The maximum absolute atomic E-state index is 12.8. The van der Waals surface area contributed by atoms with Crippen LogP contribution in [0.3, 0.4) is 0 Å². The quantitative estimate of drug-likeness (QED) is 0.914. The summed E-state index contributed by atoms with van der Waals surface area (Å²) >= 11 is 0. The first kappa shape index (κ1) is 14.8. The Morgan fingerprint density at radius 2 is 1.95 bits per heavy atom. The third-order valence-corrected chi connectivity index (χ3v) is 6.78. The molecule has 0 bridgehead atoms. The molecule has 5 nitrogen and oxygen atoms in total. The van der Waals surface area contributed by atoms with Crippen molar-refractivity contribution < 1.29 is 18.3 Å². The molecule has 0 aromatic heterocycles. The van der Waals surface area contributed by atoms with Gasteiger partial charge in [-0.05, 0) is 37.3 Å². The predicted molar refractivity (Wildman–Crippen MR) is 78.8 cm³/mol. The van der Waals surface area contributed by atoms with Crippen molar-refractivity contribution in [2.24, 2.45) is 11.8 Å². The number of aliphatic hydroxyl groups is 1. The molecule has 116 valence electrons. The minimum atomic E-state index is -3.53. The maximum Gasteiger partial charge on any atom is 0.243 e. The number of rotatable bonds is 3. The molecule has 2 aliphatic rings. The monoisotopic (exact) mass is 311 g/mol. The van der Waals surface area contributed by atoms with Gasteiger partial charge in [-0.1, -0.05) is 6.07 Å². The molecule has 0 unspecified atom stereocenters. The van der Waals surface area contributed by atoms with Crippen molar-refractivity contribution in [2.75, 3.05) is 20.2 Å². The smallest absolute Gasteiger partial charge is 0.243 e. The van der Waals surface area contributed by atoms with Gasteiger partial charge in [-0.2, -0.15) is 4.31 Å². The van der Waals surface area contributed by atoms with Gasteiger partial charge in [0.25, 0.3) is 0 Å². The number of ether oxygens (including phenoxy) is 1. The number of hydrogen-bond donors (Lipinski definition) is 1. The molecule has 1 aromatic rings. The van der Waals surface area contributed by atoms with Crippen LogP contribution in [0, 0.1) is 25.7 Å². The second-order valence-electron chi connectivity index (χ2n) is 6.14. The van der Waals surface area contributed by atoms with E-state index in [1.807, 2.05) is 13.0 Å². The summed E-state index contributed by atoms with van der Waals surface area (Å²) in [6.45, 7) is 4.64. The van der Waals surface area contributed by atoms with Crippen LogP contribution in [0.4, 0.5) is 0 Å². The Bertz CT molecular complexity index is 670. The molecule has 1 N–H and O–H groups in total. The minimum absolute atomic E-state index is 0.104. The van der Waals surface area contributed by atoms with E-state index in [1.54, 1.807) is 20.1 Å². The Kier molecular flexibility index (Phi) is 3.50. The van der Waals surface area contributed by atoms with Crippen LogP contribution >= 0.6 is 0 Å². The van der Waals surface area contributed by atoms with E-state index in [9.17, 15) is 13.5 Å². The first-order valence-corrected chi connectivity index (χ1v) is 8.62. The largest absolute Gasteiger partial charge is 0.496 e. The number of nitrogens with zero attached hydrogens (tertiary/aromatic N) is 1. The number of hydrogen-bond acceptors (Lipinski definition) is 4. The van der Waals surface area contributed by atoms with Gasteiger partial charge in [0.15, 0.2) is 0 Å². The van der Waals surface area contributed by atoms with Crippen LogP contribution in [-0.2, 0) is 10.0 Å². The van der Waals surface area contributed by atoms with E-state index >= 15 is 0 Å². The molecule has 0 radical (unpaired) electrons. The third kappa shape index (κ3) is 2.25. The lowest BCUT2D eigenvalue weighted by molar-refractivity contribution is -0.00416. The second-order valence-corrected chi connectivity index (χ2v) is 8.04. The Morgan fingerprint density at radius 1 is 1.24 bits per heavy atom. The highest BCUT2D eigenvalue weighted by atomic mass is 32.2. The van der Waals surface area contributed by atoms with Gasteiger partial charge in [-0.3, -0.25) is 0 Å². The number of sulfonamides is 1. The topological polar surface area (TPSA) is 66.8 Å². The van der Waals surface area contributed by atoms with Gasteiger partial charge in [0.2, 0.25) is 10.0 Å². The van der Waals surface area contributed by atoms with E-state index in [2.05, 4.69) is 0 Å². The van der Waals surface area contributed by atoms with Crippen LogP contribution in [-0.4, -0.2) is 44.1 Å².